The molecule has 0 bridgehead atoms. The van der Waals surface area contributed by atoms with Gasteiger partial charge in [-0.05, 0) is 33.6 Å². The average molecular weight is 326 g/mol. The quantitative estimate of drug-likeness (QED) is 0.801. The van der Waals surface area contributed by atoms with Gasteiger partial charge >= 0.3 is 12.1 Å². The van der Waals surface area contributed by atoms with Crippen molar-refractivity contribution in [2.75, 3.05) is 7.11 Å². The van der Waals surface area contributed by atoms with Crippen LogP contribution in [-0.4, -0.2) is 42.6 Å². The van der Waals surface area contributed by atoms with E-state index in [0.29, 0.717) is 6.42 Å². The van der Waals surface area contributed by atoms with Gasteiger partial charge in [0.15, 0.2) is 6.10 Å². The van der Waals surface area contributed by atoms with Crippen LogP contribution in [-0.2, 0) is 19.1 Å². The highest BCUT2D eigenvalue weighted by Gasteiger charge is 2.54. The Morgan fingerprint density at radius 2 is 2.09 bits per heavy atom. The summed E-state index contributed by atoms with van der Waals surface area (Å²) in [5, 5.41) is 7.00. The number of rotatable bonds is 4. The van der Waals surface area contributed by atoms with Crippen LogP contribution in [0.4, 0.5) is 4.79 Å². The van der Waals surface area contributed by atoms with Crippen LogP contribution < -0.4 is 5.32 Å². The van der Waals surface area contributed by atoms with Gasteiger partial charge in [-0.3, -0.25) is 4.79 Å². The molecule has 1 amide bonds. The van der Waals surface area contributed by atoms with Crippen LogP contribution in [0.5, 0.6) is 0 Å². The molecule has 7 nitrogen and oxygen atoms in total. The van der Waals surface area contributed by atoms with E-state index in [1.807, 2.05) is 20.8 Å². The van der Waals surface area contributed by atoms with Gasteiger partial charge in [0.05, 0.1) is 24.7 Å². The Morgan fingerprint density at radius 1 is 1.39 bits per heavy atom. The molecule has 1 heterocycles. The fourth-order valence-electron chi connectivity index (χ4n) is 3.24. The van der Waals surface area contributed by atoms with Crippen molar-refractivity contribution >= 4 is 17.8 Å². The largest absolute Gasteiger partial charge is 0.469 e. The SMILES string of the molecule is CCCC1=NO[C@H]2[C@@H]1[C@H](NC(=O)OC(C)(C)C)C[C@@H]2C(=O)OC. The Labute approximate surface area is 136 Å². The molecule has 0 spiro atoms. The fourth-order valence-corrected chi connectivity index (χ4v) is 3.24. The van der Waals surface area contributed by atoms with Crippen molar-refractivity contribution < 1.29 is 23.9 Å². The van der Waals surface area contributed by atoms with E-state index in [-0.39, 0.29) is 24.0 Å². The maximum absolute atomic E-state index is 12.1. The van der Waals surface area contributed by atoms with Gasteiger partial charge in [-0.1, -0.05) is 18.5 Å². The number of oxime groups is 1. The van der Waals surface area contributed by atoms with Crippen molar-refractivity contribution in [1.82, 2.24) is 5.32 Å². The highest BCUT2D eigenvalue weighted by Crippen LogP contribution is 2.40. The summed E-state index contributed by atoms with van der Waals surface area (Å²) in [6.45, 7) is 7.48. The zero-order valence-electron chi connectivity index (χ0n) is 14.4. The maximum Gasteiger partial charge on any atom is 0.407 e. The summed E-state index contributed by atoms with van der Waals surface area (Å²) in [6.07, 6.45) is 1.30. The van der Waals surface area contributed by atoms with Crippen molar-refractivity contribution in [3.63, 3.8) is 0 Å². The predicted octanol–water partition coefficient (Wildman–Crippen LogP) is 2.24. The molecule has 130 valence electrons. The number of alkyl carbamates (subject to hydrolysis) is 1. The van der Waals surface area contributed by atoms with Crippen LogP contribution in [0.2, 0.25) is 0 Å². The molecular formula is C16H26N2O5. The number of ether oxygens (including phenoxy) is 2. The molecule has 1 N–H and O–H groups in total. The first kappa shape index (κ1) is 17.6. The third kappa shape index (κ3) is 3.95. The molecule has 4 atom stereocenters. The predicted molar refractivity (Wildman–Crippen MR) is 84.0 cm³/mol. The number of fused-ring (bicyclic) bond motifs is 1. The topological polar surface area (TPSA) is 86.2 Å². The Kier molecular flexibility index (Phi) is 5.16. The number of methoxy groups -OCH3 is 1. The molecule has 23 heavy (non-hydrogen) atoms. The van der Waals surface area contributed by atoms with E-state index in [9.17, 15) is 9.59 Å². The normalized spacial score (nSPS) is 29.3. The number of nitrogens with zero attached hydrogens (tertiary/aromatic N) is 1. The highest BCUT2D eigenvalue weighted by atomic mass is 16.6. The first-order valence-corrected chi connectivity index (χ1v) is 8.06. The lowest BCUT2D eigenvalue weighted by Crippen LogP contribution is -2.43. The first-order valence-electron chi connectivity index (χ1n) is 8.06. The van der Waals surface area contributed by atoms with Gasteiger partial charge in [0.25, 0.3) is 0 Å². The molecule has 0 aromatic rings. The van der Waals surface area contributed by atoms with Crippen LogP contribution in [0.3, 0.4) is 0 Å². The third-order valence-electron chi connectivity index (χ3n) is 4.08. The minimum Gasteiger partial charge on any atom is -0.469 e. The van der Waals surface area contributed by atoms with Gasteiger partial charge in [0.1, 0.15) is 5.60 Å². The van der Waals surface area contributed by atoms with Gasteiger partial charge in [0.2, 0.25) is 0 Å². The van der Waals surface area contributed by atoms with E-state index >= 15 is 0 Å². The molecule has 1 aliphatic heterocycles. The summed E-state index contributed by atoms with van der Waals surface area (Å²) in [6, 6.07) is -0.244. The van der Waals surface area contributed by atoms with E-state index < -0.39 is 17.6 Å². The van der Waals surface area contributed by atoms with Crippen molar-refractivity contribution in [2.24, 2.45) is 17.0 Å². The van der Waals surface area contributed by atoms with E-state index in [1.54, 1.807) is 0 Å². The third-order valence-corrected chi connectivity index (χ3v) is 4.08. The molecule has 2 aliphatic rings. The van der Waals surface area contributed by atoms with Crippen LogP contribution in [0.1, 0.15) is 47.0 Å². The standard InChI is InChI=1S/C16H26N2O5/c1-6-7-10-12-11(17-15(20)22-16(2,3)4)8-9(14(19)21-5)13(12)23-18-10/h9,11-13H,6-8H2,1-5H3,(H,17,20)/t9-,11+,12-,13+/m0/s1. The molecule has 1 aliphatic carbocycles. The molecular weight excluding hydrogens is 300 g/mol. The number of nitrogens with one attached hydrogen (secondary N) is 1. The molecule has 0 radical (unpaired) electrons. The summed E-state index contributed by atoms with van der Waals surface area (Å²) in [5.74, 6) is -0.865. The molecule has 1 saturated carbocycles. The lowest BCUT2D eigenvalue weighted by atomic mass is 9.92. The summed E-state index contributed by atoms with van der Waals surface area (Å²) < 4.78 is 10.2. The van der Waals surface area contributed by atoms with Crippen LogP contribution in [0, 0.1) is 11.8 Å². The van der Waals surface area contributed by atoms with Gasteiger partial charge in [-0.15, -0.1) is 0 Å². The molecule has 1 fully saturated rings. The van der Waals surface area contributed by atoms with Crippen LogP contribution in [0.15, 0.2) is 5.16 Å². The second kappa shape index (κ2) is 6.76. The number of carbonyl (C=O) groups excluding carboxylic acids is 2. The summed E-state index contributed by atoms with van der Waals surface area (Å²) in [7, 11) is 1.36. The lowest BCUT2D eigenvalue weighted by molar-refractivity contribution is -0.149. The molecule has 0 unspecified atom stereocenters. The number of amides is 1. The van der Waals surface area contributed by atoms with Crippen molar-refractivity contribution in [3.8, 4) is 0 Å². The van der Waals surface area contributed by atoms with Crippen molar-refractivity contribution in [3.05, 3.63) is 0 Å². The smallest absolute Gasteiger partial charge is 0.407 e. The highest BCUT2D eigenvalue weighted by molar-refractivity contribution is 5.91. The molecule has 0 aromatic carbocycles. The monoisotopic (exact) mass is 326 g/mol. The number of hydrogen-bond donors (Lipinski definition) is 1. The lowest BCUT2D eigenvalue weighted by Gasteiger charge is -2.24. The number of esters is 1. The summed E-state index contributed by atoms with van der Waals surface area (Å²) >= 11 is 0. The molecule has 0 saturated heterocycles. The minimum atomic E-state index is -0.573. The van der Waals surface area contributed by atoms with E-state index in [4.69, 9.17) is 14.3 Å². The Morgan fingerprint density at radius 3 is 2.65 bits per heavy atom. The summed E-state index contributed by atoms with van der Waals surface area (Å²) in [5.41, 5.74) is 0.320. The number of carbonyl (C=O) groups is 2. The molecule has 7 heteroatoms. The van der Waals surface area contributed by atoms with Gasteiger partial charge in [-0.25, -0.2) is 4.79 Å². The molecule has 0 aromatic heterocycles. The summed E-state index contributed by atoms with van der Waals surface area (Å²) in [4.78, 5) is 29.6. The molecule has 2 rings (SSSR count). The van der Waals surface area contributed by atoms with E-state index in [1.165, 1.54) is 7.11 Å². The van der Waals surface area contributed by atoms with Crippen LogP contribution >= 0.6 is 0 Å². The fraction of sp³-hybridized carbons (Fsp3) is 0.812. The van der Waals surface area contributed by atoms with Gasteiger partial charge in [-0.2, -0.15) is 0 Å². The van der Waals surface area contributed by atoms with E-state index in [2.05, 4.69) is 17.4 Å². The van der Waals surface area contributed by atoms with Crippen molar-refractivity contribution in [2.45, 2.75) is 64.7 Å². The minimum absolute atomic E-state index is 0.105. The second-order valence-electron chi connectivity index (χ2n) is 7.05. The first-order chi connectivity index (χ1) is 10.8. The van der Waals surface area contributed by atoms with Crippen molar-refractivity contribution in [1.29, 1.82) is 0 Å². The second-order valence-corrected chi connectivity index (χ2v) is 7.05. The van der Waals surface area contributed by atoms with Gasteiger partial charge < -0.3 is 19.6 Å². The Hall–Kier alpha value is -1.79. The van der Waals surface area contributed by atoms with Gasteiger partial charge in [0, 0.05) is 6.04 Å². The van der Waals surface area contributed by atoms with Crippen LogP contribution in [0.25, 0.3) is 0 Å². The zero-order chi connectivity index (χ0) is 17.2. The Bertz CT molecular complexity index is 497. The maximum atomic E-state index is 12.1. The van der Waals surface area contributed by atoms with E-state index in [0.717, 1.165) is 18.6 Å². The average Bonchev–Trinajstić information content (AvgIpc) is 2.99. The number of hydrogen-bond acceptors (Lipinski definition) is 6. The Balaban J connectivity index is 2.12. The zero-order valence-corrected chi connectivity index (χ0v) is 14.4.